The fourth-order valence-electron chi connectivity index (χ4n) is 5.78. The van der Waals surface area contributed by atoms with Gasteiger partial charge in [0.25, 0.3) is 5.92 Å². The Kier molecular flexibility index (Phi) is 5.82. The SMILES string of the molecule is Cc1cccc(-c2ccc(/C=C/[C@@H]3[C@@H]4[C@@H](C)OC(=O)[C@]4(c4nnc(N)o4)CC(F)(F)[C@H]3C)nc2)c1C#N. The molecule has 0 bridgehead atoms. The summed E-state index contributed by atoms with van der Waals surface area (Å²) in [5, 5.41) is 17.0. The van der Waals surface area contributed by atoms with Crippen LogP contribution in [0.15, 0.2) is 47.0 Å². The van der Waals surface area contributed by atoms with Gasteiger partial charge in [-0.15, -0.1) is 5.10 Å². The second-order valence-electron chi connectivity index (χ2n) is 9.80. The Morgan fingerprint density at radius 1 is 1.22 bits per heavy atom. The van der Waals surface area contributed by atoms with Crippen LogP contribution in [0, 0.1) is 36.0 Å². The molecule has 2 N–H and O–H groups in total. The molecule has 5 rings (SSSR count). The van der Waals surface area contributed by atoms with E-state index in [4.69, 9.17) is 14.9 Å². The number of rotatable bonds is 4. The Morgan fingerprint density at radius 3 is 2.65 bits per heavy atom. The Bertz CT molecular complexity index is 1430. The molecule has 8 nitrogen and oxygen atoms in total. The number of carbonyl (C=O) groups is 1. The number of carbonyl (C=O) groups excluding carboxylic acids is 1. The van der Waals surface area contributed by atoms with E-state index >= 15 is 8.78 Å². The van der Waals surface area contributed by atoms with Gasteiger partial charge in [-0.3, -0.25) is 9.78 Å². The van der Waals surface area contributed by atoms with Gasteiger partial charge in [-0.25, -0.2) is 8.78 Å². The maximum absolute atomic E-state index is 15.4. The molecule has 0 spiro atoms. The van der Waals surface area contributed by atoms with Gasteiger partial charge in [-0.05, 0) is 37.5 Å². The number of nitrogen functional groups attached to an aromatic ring is 1. The van der Waals surface area contributed by atoms with Crippen LogP contribution in [0.4, 0.5) is 14.8 Å². The minimum Gasteiger partial charge on any atom is -0.461 e. The topological polar surface area (TPSA) is 128 Å². The third-order valence-electron chi connectivity index (χ3n) is 7.70. The molecule has 1 saturated carbocycles. The van der Waals surface area contributed by atoms with Crippen molar-refractivity contribution in [3.8, 4) is 17.2 Å². The van der Waals surface area contributed by atoms with Crippen LogP contribution >= 0.6 is 0 Å². The number of hydrogen-bond acceptors (Lipinski definition) is 8. The number of benzene rings is 1. The summed E-state index contributed by atoms with van der Waals surface area (Å²) in [6, 6.07) is 11.1. The zero-order valence-electron chi connectivity index (χ0n) is 20.5. The van der Waals surface area contributed by atoms with Crippen molar-refractivity contribution in [3.05, 3.63) is 65.3 Å². The van der Waals surface area contributed by atoms with E-state index in [1.165, 1.54) is 6.92 Å². The molecule has 2 aliphatic rings. The first-order valence-electron chi connectivity index (χ1n) is 11.9. The van der Waals surface area contributed by atoms with Crippen LogP contribution in [-0.4, -0.2) is 33.2 Å². The predicted molar refractivity (Wildman–Crippen MR) is 130 cm³/mol. The summed E-state index contributed by atoms with van der Waals surface area (Å²) < 4.78 is 41.6. The average molecular weight is 506 g/mol. The monoisotopic (exact) mass is 505 g/mol. The minimum absolute atomic E-state index is 0.247. The lowest BCUT2D eigenvalue weighted by Crippen LogP contribution is -2.56. The fraction of sp³-hybridized carbons (Fsp3) is 0.370. The number of nitriles is 1. The lowest BCUT2D eigenvalue weighted by molar-refractivity contribution is -0.159. The van der Waals surface area contributed by atoms with Crippen molar-refractivity contribution in [2.75, 3.05) is 5.73 Å². The van der Waals surface area contributed by atoms with Crippen molar-refractivity contribution < 1.29 is 22.7 Å². The molecule has 10 heteroatoms. The first kappa shape index (κ1) is 24.6. The lowest BCUT2D eigenvalue weighted by atomic mass is 9.56. The van der Waals surface area contributed by atoms with E-state index < -0.39 is 47.6 Å². The number of anilines is 1. The molecule has 37 heavy (non-hydrogen) atoms. The molecule has 0 amide bonds. The number of allylic oxidation sites excluding steroid dienone is 1. The number of pyridine rings is 1. The smallest absolute Gasteiger partial charge is 0.322 e. The molecule has 1 aliphatic heterocycles. The molecule has 1 aromatic carbocycles. The van der Waals surface area contributed by atoms with Crippen molar-refractivity contribution in [1.82, 2.24) is 15.2 Å². The highest BCUT2D eigenvalue weighted by Gasteiger charge is 2.71. The number of halogens is 2. The van der Waals surface area contributed by atoms with Gasteiger partial charge in [0.15, 0.2) is 5.41 Å². The lowest BCUT2D eigenvalue weighted by Gasteiger charge is -2.46. The summed E-state index contributed by atoms with van der Waals surface area (Å²) in [6.07, 6.45) is 3.51. The summed E-state index contributed by atoms with van der Waals surface area (Å²) >= 11 is 0. The van der Waals surface area contributed by atoms with E-state index in [0.717, 1.165) is 16.7 Å². The molecule has 2 aromatic heterocycles. The van der Waals surface area contributed by atoms with E-state index in [-0.39, 0.29) is 11.9 Å². The number of aryl methyl sites for hydroxylation is 1. The number of alkyl halides is 2. The molecule has 0 radical (unpaired) electrons. The van der Waals surface area contributed by atoms with E-state index in [1.54, 1.807) is 31.3 Å². The van der Waals surface area contributed by atoms with Crippen LogP contribution in [0.5, 0.6) is 0 Å². The number of esters is 1. The van der Waals surface area contributed by atoms with Gasteiger partial charge in [0, 0.05) is 35.6 Å². The summed E-state index contributed by atoms with van der Waals surface area (Å²) in [5.74, 6) is -6.80. The first-order valence-corrected chi connectivity index (χ1v) is 11.9. The molecule has 1 aliphatic carbocycles. The highest BCUT2D eigenvalue weighted by Crippen LogP contribution is 2.60. The second kappa shape index (κ2) is 8.76. The van der Waals surface area contributed by atoms with Crippen LogP contribution in [-0.2, 0) is 14.9 Å². The van der Waals surface area contributed by atoms with Gasteiger partial charge < -0.3 is 14.9 Å². The third kappa shape index (κ3) is 3.86. The normalized spacial score (nSPS) is 28.6. The number of ether oxygens (including phenoxy) is 1. The van der Waals surface area contributed by atoms with Crippen LogP contribution in [0.2, 0.25) is 0 Å². The largest absolute Gasteiger partial charge is 0.461 e. The van der Waals surface area contributed by atoms with Crippen molar-refractivity contribution in [1.29, 1.82) is 5.26 Å². The van der Waals surface area contributed by atoms with Crippen molar-refractivity contribution in [3.63, 3.8) is 0 Å². The Morgan fingerprint density at radius 2 is 2.00 bits per heavy atom. The number of aromatic nitrogens is 3. The Labute approximate surface area is 212 Å². The van der Waals surface area contributed by atoms with Crippen LogP contribution in [0.25, 0.3) is 17.2 Å². The predicted octanol–water partition coefficient (Wildman–Crippen LogP) is 4.70. The van der Waals surface area contributed by atoms with Gasteiger partial charge in [-0.2, -0.15) is 5.26 Å². The molecular weight excluding hydrogens is 480 g/mol. The molecule has 3 aromatic rings. The van der Waals surface area contributed by atoms with Gasteiger partial charge in [0.2, 0.25) is 5.89 Å². The third-order valence-corrected chi connectivity index (χ3v) is 7.70. The van der Waals surface area contributed by atoms with Gasteiger partial charge in [0.05, 0.1) is 11.3 Å². The molecule has 0 unspecified atom stereocenters. The van der Waals surface area contributed by atoms with Crippen molar-refractivity contribution in [2.24, 2.45) is 17.8 Å². The standard InChI is InChI=1S/C27H25F2N5O3/c1-14-5-4-6-20(21(14)11-30)17-7-8-18(32-12-17)9-10-19-15(2)27(28,29)13-26(23-33-34-25(31)37-23)22(19)16(3)36-24(26)35/h4-10,12,15-16,19,22H,13H2,1-3H3,(H2,31,34)/b10-9+/t15-,16+,19-,22-,26+/m0/s1. The second-order valence-corrected chi connectivity index (χ2v) is 9.80. The van der Waals surface area contributed by atoms with Crippen LogP contribution in [0.3, 0.4) is 0 Å². The highest BCUT2D eigenvalue weighted by molar-refractivity contribution is 5.85. The first-order chi connectivity index (χ1) is 17.6. The molecule has 1 saturated heterocycles. The highest BCUT2D eigenvalue weighted by atomic mass is 19.3. The maximum Gasteiger partial charge on any atom is 0.322 e. The van der Waals surface area contributed by atoms with Gasteiger partial charge in [-0.1, -0.05) is 42.4 Å². The molecule has 190 valence electrons. The van der Waals surface area contributed by atoms with Gasteiger partial charge in [0.1, 0.15) is 12.2 Å². The van der Waals surface area contributed by atoms with Gasteiger partial charge >= 0.3 is 12.0 Å². The summed E-state index contributed by atoms with van der Waals surface area (Å²) in [5.41, 5.74) is 7.29. The quantitative estimate of drug-likeness (QED) is 0.506. The molecule has 3 heterocycles. The Balaban J connectivity index is 1.51. The maximum atomic E-state index is 15.4. The van der Waals surface area contributed by atoms with E-state index in [1.807, 2.05) is 31.2 Å². The summed E-state index contributed by atoms with van der Waals surface area (Å²) in [6.45, 7) is 5.02. The number of nitrogens with two attached hydrogens (primary N) is 1. The zero-order valence-corrected chi connectivity index (χ0v) is 20.5. The zero-order chi connectivity index (χ0) is 26.5. The van der Waals surface area contributed by atoms with Crippen LogP contribution < -0.4 is 5.73 Å². The number of cyclic esters (lactones) is 1. The fourth-order valence-corrected chi connectivity index (χ4v) is 5.78. The number of hydrogen-bond donors (Lipinski definition) is 1. The Hall–Kier alpha value is -4.13. The summed E-state index contributed by atoms with van der Waals surface area (Å²) in [7, 11) is 0. The molecule has 5 atom stereocenters. The van der Waals surface area contributed by atoms with E-state index in [2.05, 4.69) is 21.3 Å². The molecule has 2 fully saturated rings. The van der Waals surface area contributed by atoms with Crippen molar-refractivity contribution in [2.45, 2.75) is 44.6 Å². The van der Waals surface area contributed by atoms with Crippen LogP contribution in [0.1, 0.15) is 43.0 Å². The van der Waals surface area contributed by atoms with E-state index in [0.29, 0.717) is 11.3 Å². The minimum atomic E-state index is -3.21. The summed E-state index contributed by atoms with van der Waals surface area (Å²) in [4.78, 5) is 17.5. The van der Waals surface area contributed by atoms with E-state index in [9.17, 15) is 10.1 Å². The number of fused-ring (bicyclic) bond motifs is 1. The average Bonchev–Trinajstić information content (AvgIpc) is 3.40. The van der Waals surface area contributed by atoms with Crippen molar-refractivity contribution >= 4 is 18.1 Å². The number of nitrogens with zero attached hydrogens (tertiary/aromatic N) is 4. The molecular formula is C27H25F2N5O3.